The Labute approximate surface area is 116 Å². The summed E-state index contributed by atoms with van der Waals surface area (Å²) in [5.41, 5.74) is 0.986. The third-order valence-corrected chi connectivity index (χ3v) is 2.96. The standard InChI is InChI=1S/C16H26FNO/c1-13(2)12-18-9-5-4-6-10-19-16-11-15(17)8-7-14(16)3/h7-8,11,13,18H,4-6,9-10,12H2,1-3H3. The maximum atomic E-state index is 13.0. The molecule has 0 saturated heterocycles. The summed E-state index contributed by atoms with van der Waals surface area (Å²) in [7, 11) is 0. The van der Waals surface area contributed by atoms with E-state index in [-0.39, 0.29) is 5.82 Å². The Hall–Kier alpha value is -1.09. The van der Waals surface area contributed by atoms with Crippen molar-refractivity contribution in [3.63, 3.8) is 0 Å². The summed E-state index contributed by atoms with van der Waals surface area (Å²) >= 11 is 0. The monoisotopic (exact) mass is 267 g/mol. The van der Waals surface area contributed by atoms with Crippen LogP contribution in [0.2, 0.25) is 0 Å². The highest BCUT2D eigenvalue weighted by Crippen LogP contribution is 2.18. The van der Waals surface area contributed by atoms with Crippen LogP contribution >= 0.6 is 0 Å². The highest BCUT2D eigenvalue weighted by atomic mass is 19.1. The van der Waals surface area contributed by atoms with Crippen LogP contribution in [0, 0.1) is 18.7 Å². The van der Waals surface area contributed by atoms with E-state index < -0.39 is 0 Å². The second kappa shape index (κ2) is 8.92. The van der Waals surface area contributed by atoms with Crippen molar-refractivity contribution in [2.45, 2.75) is 40.0 Å². The molecule has 0 bridgehead atoms. The minimum absolute atomic E-state index is 0.238. The van der Waals surface area contributed by atoms with Crippen LogP contribution in [0.4, 0.5) is 4.39 Å². The first-order chi connectivity index (χ1) is 9.09. The van der Waals surface area contributed by atoms with E-state index in [1.807, 2.05) is 6.92 Å². The van der Waals surface area contributed by atoms with Crippen molar-refractivity contribution in [3.05, 3.63) is 29.6 Å². The normalized spacial score (nSPS) is 11.0. The van der Waals surface area contributed by atoms with Crippen LogP contribution in [0.25, 0.3) is 0 Å². The van der Waals surface area contributed by atoms with Gasteiger partial charge in [-0.05, 0) is 56.8 Å². The second-order valence-electron chi connectivity index (χ2n) is 5.42. The number of rotatable bonds is 9. The van der Waals surface area contributed by atoms with Crippen molar-refractivity contribution in [1.29, 1.82) is 0 Å². The van der Waals surface area contributed by atoms with Gasteiger partial charge in [0.15, 0.2) is 0 Å². The molecule has 0 heterocycles. The fourth-order valence-electron chi connectivity index (χ4n) is 1.83. The molecule has 0 amide bonds. The first-order valence-electron chi connectivity index (χ1n) is 7.19. The number of hydrogen-bond donors (Lipinski definition) is 1. The molecule has 1 rings (SSSR count). The Balaban J connectivity index is 2.06. The first kappa shape index (κ1) is 16.0. The summed E-state index contributed by atoms with van der Waals surface area (Å²) in [6.45, 7) is 9.17. The molecule has 3 heteroatoms. The molecule has 0 fully saturated rings. The molecule has 0 unspecified atom stereocenters. The fraction of sp³-hybridized carbons (Fsp3) is 0.625. The summed E-state index contributed by atoms with van der Waals surface area (Å²) in [4.78, 5) is 0. The van der Waals surface area contributed by atoms with Gasteiger partial charge in [-0.25, -0.2) is 4.39 Å². The molecular formula is C16H26FNO. The van der Waals surface area contributed by atoms with Crippen LogP contribution < -0.4 is 10.1 Å². The van der Waals surface area contributed by atoms with Gasteiger partial charge in [0.1, 0.15) is 11.6 Å². The molecule has 0 atom stereocenters. The average Bonchev–Trinajstić information content (AvgIpc) is 2.36. The van der Waals surface area contributed by atoms with Crippen molar-refractivity contribution >= 4 is 0 Å². The van der Waals surface area contributed by atoms with Crippen LogP contribution in [-0.2, 0) is 0 Å². The molecule has 0 aliphatic heterocycles. The lowest BCUT2D eigenvalue weighted by Crippen LogP contribution is -2.20. The van der Waals surface area contributed by atoms with Crippen molar-refractivity contribution < 1.29 is 9.13 Å². The van der Waals surface area contributed by atoms with Crippen LogP contribution in [-0.4, -0.2) is 19.7 Å². The van der Waals surface area contributed by atoms with E-state index in [9.17, 15) is 4.39 Å². The Morgan fingerprint density at radius 3 is 2.74 bits per heavy atom. The largest absolute Gasteiger partial charge is 0.493 e. The highest BCUT2D eigenvalue weighted by Gasteiger charge is 2.01. The van der Waals surface area contributed by atoms with Gasteiger partial charge in [-0.3, -0.25) is 0 Å². The molecule has 0 spiro atoms. The average molecular weight is 267 g/mol. The van der Waals surface area contributed by atoms with Gasteiger partial charge in [0.25, 0.3) is 0 Å². The molecule has 0 aliphatic carbocycles. The minimum Gasteiger partial charge on any atom is -0.493 e. The molecule has 0 aromatic heterocycles. The Kier molecular flexibility index (Phi) is 7.49. The molecule has 1 aromatic rings. The van der Waals surface area contributed by atoms with Crippen molar-refractivity contribution in [1.82, 2.24) is 5.32 Å². The van der Waals surface area contributed by atoms with Crippen molar-refractivity contribution in [3.8, 4) is 5.75 Å². The Morgan fingerprint density at radius 2 is 2.00 bits per heavy atom. The molecule has 1 aromatic carbocycles. The summed E-state index contributed by atoms with van der Waals surface area (Å²) in [5.74, 6) is 1.13. The van der Waals surface area contributed by atoms with E-state index in [0.29, 0.717) is 18.3 Å². The van der Waals surface area contributed by atoms with Crippen LogP contribution in [0.3, 0.4) is 0 Å². The Bertz CT molecular complexity index is 366. The smallest absolute Gasteiger partial charge is 0.126 e. The molecule has 2 nitrogen and oxygen atoms in total. The van der Waals surface area contributed by atoms with Crippen molar-refractivity contribution in [2.75, 3.05) is 19.7 Å². The molecule has 0 saturated carbocycles. The molecule has 19 heavy (non-hydrogen) atoms. The quantitative estimate of drug-likeness (QED) is 0.684. The van der Waals surface area contributed by atoms with E-state index in [1.165, 1.54) is 12.1 Å². The molecule has 0 aliphatic rings. The van der Waals surface area contributed by atoms with E-state index >= 15 is 0 Å². The zero-order valence-electron chi connectivity index (χ0n) is 12.3. The van der Waals surface area contributed by atoms with E-state index in [1.54, 1.807) is 6.07 Å². The Morgan fingerprint density at radius 1 is 1.21 bits per heavy atom. The van der Waals surface area contributed by atoms with Gasteiger partial charge in [-0.1, -0.05) is 19.9 Å². The zero-order valence-corrected chi connectivity index (χ0v) is 12.3. The lowest BCUT2D eigenvalue weighted by atomic mass is 10.2. The first-order valence-corrected chi connectivity index (χ1v) is 7.19. The highest BCUT2D eigenvalue weighted by molar-refractivity contribution is 5.32. The van der Waals surface area contributed by atoms with Gasteiger partial charge < -0.3 is 10.1 Å². The van der Waals surface area contributed by atoms with E-state index in [2.05, 4.69) is 19.2 Å². The lowest BCUT2D eigenvalue weighted by molar-refractivity contribution is 0.301. The fourth-order valence-corrected chi connectivity index (χ4v) is 1.83. The van der Waals surface area contributed by atoms with Gasteiger partial charge in [0.2, 0.25) is 0 Å². The molecule has 1 N–H and O–H groups in total. The van der Waals surface area contributed by atoms with E-state index in [4.69, 9.17) is 4.74 Å². The van der Waals surface area contributed by atoms with Gasteiger partial charge in [0.05, 0.1) is 6.61 Å². The number of hydrogen-bond acceptors (Lipinski definition) is 2. The topological polar surface area (TPSA) is 21.3 Å². The SMILES string of the molecule is Cc1ccc(F)cc1OCCCCCNCC(C)C. The summed E-state index contributed by atoms with van der Waals surface area (Å²) in [6, 6.07) is 4.67. The third-order valence-electron chi connectivity index (χ3n) is 2.96. The number of aryl methyl sites for hydroxylation is 1. The maximum absolute atomic E-state index is 13.0. The predicted molar refractivity (Wildman–Crippen MR) is 78.2 cm³/mol. The number of nitrogens with one attached hydrogen (secondary N) is 1. The van der Waals surface area contributed by atoms with Crippen LogP contribution in [0.5, 0.6) is 5.75 Å². The van der Waals surface area contributed by atoms with Gasteiger partial charge in [-0.15, -0.1) is 0 Å². The number of halogens is 1. The van der Waals surface area contributed by atoms with Crippen LogP contribution in [0.15, 0.2) is 18.2 Å². The minimum atomic E-state index is -0.238. The molecular weight excluding hydrogens is 241 g/mol. The zero-order chi connectivity index (χ0) is 14.1. The molecule has 0 radical (unpaired) electrons. The summed E-state index contributed by atoms with van der Waals surface area (Å²) in [6.07, 6.45) is 3.32. The van der Waals surface area contributed by atoms with Gasteiger partial charge in [-0.2, -0.15) is 0 Å². The summed E-state index contributed by atoms with van der Waals surface area (Å²) in [5, 5.41) is 3.42. The third kappa shape index (κ3) is 7.16. The second-order valence-corrected chi connectivity index (χ2v) is 5.42. The van der Waals surface area contributed by atoms with Crippen LogP contribution in [0.1, 0.15) is 38.7 Å². The number of benzene rings is 1. The van der Waals surface area contributed by atoms with Gasteiger partial charge >= 0.3 is 0 Å². The summed E-state index contributed by atoms with van der Waals surface area (Å²) < 4.78 is 18.6. The van der Waals surface area contributed by atoms with Crippen molar-refractivity contribution in [2.24, 2.45) is 5.92 Å². The van der Waals surface area contributed by atoms with E-state index in [0.717, 1.165) is 37.9 Å². The number of ether oxygens (including phenoxy) is 1. The van der Waals surface area contributed by atoms with Gasteiger partial charge in [0, 0.05) is 6.07 Å². The predicted octanol–water partition coefficient (Wildman–Crippen LogP) is 3.93. The molecule has 108 valence electrons. The number of unbranched alkanes of at least 4 members (excludes halogenated alkanes) is 2. The lowest BCUT2D eigenvalue weighted by Gasteiger charge is -2.09. The maximum Gasteiger partial charge on any atom is 0.126 e.